The first-order valence-corrected chi connectivity index (χ1v) is 7.26. The molecule has 2 aliphatic carbocycles. The number of hydrogen-bond acceptors (Lipinski definition) is 2. The second kappa shape index (κ2) is 6.60. The minimum Gasteiger partial charge on any atom is -0.380 e. The summed E-state index contributed by atoms with van der Waals surface area (Å²) in [5, 5.41) is 3.03. The average molecular weight is 260 g/mol. The molecule has 0 radical (unpaired) electrons. The van der Waals surface area contributed by atoms with Gasteiger partial charge in [-0.05, 0) is 37.5 Å². The van der Waals surface area contributed by atoms with Gasteiger partial charge < -0.3 is 10.1 Å². The Morgan fingerprint density at radius 3 is 2.82 bits per heavy atom. The van der Waals surface area contributed by atoms with Crippen LogP contribution in [0.1, 0.15) is 32.1 Å². The van der Waals surface area contributed by atoms with E-state index >= 15 is 0 Å². The van der Waals surface area contributed by atoms with Gasteiger partial charge in [-0.3, -0.25) is 4.79 Å². The van der Waals surface area contributed by atoms with Gasteiger partial charge in [-0.1, -0.05) is 6.42 Å². The van der Waals surface area contributed by atoms with Crippen molar-refractivity contribution in [2.45, 2.75) is 32.1 Å². The first kappa shape index (κ1) is 13.2. The first-order chi connectivity index (χ1) is 8.31. The predicted molar refractivity (Wildman–Crippen MR) is 68.1 cm³/mol. The molecule has 2 saturated carbocycles. The van der Waals surface area contributed by atoms with Crippen LogP contribution >= 0.6 is 11.6 Å². The van der Waals surface area contributed by atoms with Crippen molar-refractivity contribution in [2.24, 2.45) is 17.8 Å². The Morgan fingerprint density at radius 1 is 1.29 bits per heavy atom. The maximum atomic E-state index is 12.0. The molecular formula is C13H22ClNO2. The molecule has 1 N–H and O–H groups in total. The van der Waals surface area contributed by atoms with Gasteiger partial charge in [-0.25, -0.2) is 0 Å². The summed E-state index contributed by atoms with van der Waals surface area (Å²) in [7, 11) is 0. The van der Waals surface area contributed by atoms with Gasteiger partial charge in [0.25, 0.3) is 0 Å². The zero-order valence-corrected chi connectivity index (χ0v) is 11.0. The van der Waals surface area contributed by atoms with E-state index in [9.17, 15) is 4.79 Å². The van der Waals surface area contributed by atoms with Crippen LogP contribution in [0.15, 0.2) is 0 Å². The first-order valence-electron chi connectivity index (χ1n) is 6.72. The molecule has 0 heterocycles. The van der Waals surface area contributed by atoms with Crippen molar-refractivity contribution in [3.05, 3.63) is 0 Å². The van der Waals surface area contributed by atoms with Gasteiger partial charge in [0, 0.05) is 24.9 Å². The number of carbonyl (C=O) groups excluding carboxylic acids is 1. The van der Waals surface area contributed by atoms with Gasteiger partial charge in [0.05, 0.1) is 6.61 Å². The molecule has 4 heteroatoms. The fraction of sp³-hybridized carbons (Fsp3) is 0.923. The minimum absolute atomic E-state index is 0.273. The van der Waals surface area contributed by atoms with Crippen LogP contribution in [0, 0.1) is 17.8 Å². The molecule has 3 atom stereocenters. The van der Waals surface area contributed by atoms with Gasteiger partial charge in [0.2, 0.25) is 5.91 Å². The van der Waals surface area contributed by atoms with Crippen molar-refractivity contribution in [3.63, 3.8) is 0 Å². The summed E-state index contributed by atoms with van der Waals surface area (Å²) in [5.41, 5.74) is 0. The highest BCUT2D eigenvalue weighted by Gasteiger charge is 2.42. The van der Waals surface area contributed by atoms with E-state index in [4.69, 9.17) is 16.3 Å². The van der Waals surface area contributed by atoms with Crippen molar-refractivity contribution in [2.75, 3.05) is 25.6 Å². The van der Waals surface area contributed by atoms with Crippen LogP contribution in [0.4, 0.5) is 0 Å². The van der Waals surface area contributed by atoms with Gasteiger partial charge in [0.15, 0.2) is 0 Å². The molecule has 0 aromatic carbocycles. The summed E-state index contributed by atoms with van der Waals surface area (Å²) in [4.78, 5) is 12.0. The topological polar surface area (TPSA) is 38.3 Å². The smallest absolute Gasteiger partial charge is 0.223 e. The molecule has 0 aromatic heterocycles. The Morgan fingerprint density at radius 2 is 2.18 bits per heavy atom. The largest absolute Gasteiger partial charge is 0.380 e. The quantitative estimate of drug-likeness (QED) is 0.562. The fourth-order valence-electron chi connectivity index (χ4n) is 3.24. The average Bonchev–Trinajstić information content (AvgIpc) is 2.95. The summed E-state index contributed by atoms with van der Waals surface area (Å²) in [6, 6.07) is 0. The van der Waals surface area contributed by atoms with E-state index in [2.05, 4.69) is 5.32 Å². The number of halogens is 1. The SMILES string of the molecule is O=C(NCCCOCCCl)C1CC2CCC1C2. The maximum Gasteiger partial charge on any atom is 0.223 e. The Balaban J connectivity index is 1.55. The van der Waals surface area contributed by atoms with Crippen LogP contribution in [0.3, 0.4) is 0 Å². The van der Waals surface area contributed by atoms with Crippen LogP contribution in [0.25, 0.3) is 0 Å². The third-order valence-electron chi connectivity index (χ3n) is 4.06. The number of nitrogens with one attached hydrogen (secondary N) is 1. The van der Waals surface area contributed by atoms with Gasteiger partial charge in [0.1, 0.15) is 0 Å². The molecule has 3 unspecified atom stereocenters. The number of alkyl halides is 1. The molecular weight excluding hydrogens is 238 g/mol. The van der Waals surface area contributed by atoms with Crippen LogP contribution in [-0.4, -0.2) is 31.5 Å². The molecule has 2 aliphatic rings. The van der Waals surface area contributed by atoms with Crippen molar-refractivity contribution in [1.29, 1.82) is 0 Å². The summed E-state index contributed by atoms with van der Waals surface area (Å²) in [5.74, 6) is 2.62. The molecule has 17 heavy (non-hydrogen) atoms. The van der Waals surface area contributed by atoms with E-state index in [1.807, 2.05) is 0 Å². The van der Waals surface area contributed by atoms with E-state index in [0.717, 1.165) is 25.3 Å². The van der Waals surface area contributed by atoms with Crippen molar-refractivity contribution in [1.82, 2.24) is 5.32 Å². The molecule has 98 valence electrons. The predicted octanol–water partition coefficient (Wildman–Crippen LogP) is 2.18. The highest BCUT2D eigenvalue weighted by atomic mass is 35.5. The highest BCUT2D eigenvalue weighted by molar-refractivity contribution is 6.17. The molecule has 1 amide bonds. The molecule has 3 nitrogen and oxygen atoms in total. The molecule has 2 rings (SSSR count). The van der Waals surface area contributed by atoms with E-state index in [0.29, 0.717) is 30.9 Å². The van der Waals surface area contributed by atoms with E-state index in [1.54, 1.807) is 0 Å². The highest BCUT2D eigenvalue weighted by Crippen LogP contribution is 2.48. The van der Waals surface area contributed by atoms with E-state index in [1.165, 1.54) is 19.3 Å². The Hall–Kier alpha value is -0.280. The second-order valence-corrected chi connectivity index (χ2v) is 5.61. The molecule has 0 aliphatic heterocycles. The third-order valence-corrected chi connectivity index (χ3v) is 4.22. The van der Waals surface area contributed by atoms with Crippen LogP contribution < -0.4 is 5.32 Å². The van der Waals surface area contributed by atoms with Gasteiger partial charge in [-0.15, -0.1) is 11.6 Å². The summed E-state index contributed by atoms with van der Waals surface area (Å²) in [6.45, 7) is 2.01. The van der Waals surface area contributed by atoms with Crippen molar-refractivity contribution < 1.29 is 9.53 Å². The van der Waals surface area contributed by atoms with E-state index < -0.39 is 0 Å². The molecule has 0 spiro atoms. The Kier molecular flexibility index (Phi) is 5.11. The fourth-order valence-corrected chi connectivity index (χ4v) is 3.35. The van der Waals surface area contributed by atoms with Crippen molar-refractivity contribution in [3.8, 4) is 0 Å². The number of fused-ring (bicyclic) bond motifs is 2. The molecule has 0 aromatic rings. The van der Waals surface area contributed by atoms with Gasteiger partial charge >= 0.3 is 0 Å². The zero-order chi connectivity index (χ0) is 12.1. The van der Waals surface area contributed by atoms with Crippen LogP contribution in [-0.2, 0) is 9.53 Å². The lowest BCUT2D eigenvalue weighted by molar-refractivity contribution is -0.126. The molecule has 2 bridgehead atoms. The van der Waals surface area contributed by atoms with Crippen LogP contribution in [0.2, 0.25) is 0 Å². The summed E-state index contributed by atoms with van der Waals surface area (Å²) < 4.78 is 5.26. The lowest BCUT2D eigenvalue weighted by Gasteiger charge is -2.20. The number of ether oxygens (including phenoxy) is 1. The second-order valence-electron chi connectivity index (χ2n) is 5.23. The molecule has 0 saturated heterocycles. The Labute approximate surface area is 108 Å². The molecule has 2 fully saturated rings. The lowest BCUT2D eigenvalue weighted by Crippen LogP contribution is -2.34. The van der Waals surface area contributed by atoms with Crippen LogP contribution in [0.5, 0.6) is 0 Å². The Bertz CT molecular complexity index is 260. The monoisotopic (exact) mass is 259 g/mol. The lowest BCUT2D eigenvalue weighted by atomic mass is 9.88. The number of rotatable bonds is 7. The standard InChI is InChI=1S/C13H22ClNO2/c14-4-7-17-6-1-5-15-13(16)12-9-10-2-3-11(12)8-10/h10-12H,1-9H2,(H,15,16). The maximum absolute atomic E-state index is 12.0. The van der Waals surface area contributed by atoms with E-state index in [-0.39, 0.29) is 5.91 Å². The summed E-state index contributed by atoms with van der Waals surface area (Å²) in [6.07, 6.45) is 5.90. The summed E-state index contributed by atoms with van der Waals surface area (Å²) >= 11 is 5.49. The zero-order valence-electron chi connectivity index (χ0n) is 10.3. The number of carbonyl (C=O) groups is 1. The van der Waals surface area contributed by atoms with Crippen molar-refractivity contribution >= 4 is 17.5 Å². The number of hydrogen-bond donors (Lipinski definition) is 1. The minimum atomic E-state index is 0.273. The normalized spacial score (nSPS) is 30.8. The number of amides is 1. The van der Waals surface area contributed by atoms with Gasteiger partial charge in [-0.2, -0.15) is 0 Å². The third kappa shape index (κ3) is 3.59.